The molecule has 0 aliphatic heterocycles. The van der Waals surface area contributed by atoms with E-state index in [0.717, 1.165) is 70.6 Å². The summed E-state index contributed by atoms with van der Waals surface area (Å²) >= 11 is 0. The lowest BCUT2D eigenvalue weighted by atomic mass is 10.1. The molecule has 242 valence electrons. The summed E-state index contributed by atoms with van der Waals surface area (Å²) in [7, 11) is 0. The number of nitrogens with two attached hydrogens (primary N) is 1. The number of carbonyl (C=O) groups is 3. The van der Waals surface area contributed by atoms with Crippen LogP contribution in [0.4, 0.5) is 0 Å². The van der Waals surface area contributed by atoms with Crippen molar-refractivity contribution in [3.63, 3.8) is 0 Å². The van der Waals surface area contributed by atoms with Crippen LogP contribution in [0.5, 0.6) is 0 Å². The normalized spacial score (nSPS) is 13.2. The summed E-state index contributed by atoms with van der Waals surface area (Å²) in [6, 6.07) is -0.869. The summed E-state index contributed by atoms with van der Waals surface area (Å²) in [6.45, 7) is 4.75. The van der Waals surface area contributed by atoms with Gasteiger partial charge in [-0.05, 0) is 83.2 Å². The Morgan fingerprint density at radius 1 is 0.714 bits per heavy atom. The second-order valence-electron chi connectivity index (χ2n) is 11.2. The molecule has 0 aromatic carbocycles. The van der Waals surface area contributed by atoms with Gasteiger partial charge in [0.1, 0.15) is 12.1 Å². The number of allylic oxidation sites excluding steroid dienone is 5. The maximum Gasteiger partial charge on any atom is 0.326 e. The lowest BCUT2D eigenvalue weighted by Gasteiger charge is -2.15. The van der Waals surface area contributed by atoms with Gasteiger partial charge >= 0.3 is 11.9 Å². The van der Waals surface area contributed by atoms with Crippen molar-refractivity contribution in [1.29, 1.82) is 0 Å². The molecule has 0 fully saturated rings. The van der Waals surface area contributed by atoms with Crippen molar-refractivity contribution in [3.8, 4) is 0 Å². The van der Waals surface area contributed by atoms with Crippen LogP contribution < -0.4 is 11.1 Å². The van der Waals surface area contributed by atoms with Crippen molar-refractivity contribution < 1.29 is 24.2 Å². The quantitative estimate of drug-likeness (QED) is 0.0458. The minimum atomic E-state index is -1.02. The molecule has 0 saturated heterocycles. The highest BCUT2D eigenvalue weighted by atomic mass is 16.5. The molecule has 0 aromatic rings. The maximum atomic E-state index is 12.5. The Morgan fingerprint density at radius 2 is 1.36 bits per heavy atom. The molecule has 42 heavy (non-hydrogen) atoms. The largest absolute Gasteiger partial charge is 0.480 e. The van der Waals surface area contributed by atoms with Crippen LogP contribution in [0.2, 0.25) is 0 Å². The van der Waals surface area contributed by atoms with Crippen LogP contribution in [-0.2, 0) is 19.1 Å². The fourth-order valence-corrected chi connectivity index (χ4v) is 4.56. The summed E-state index contributed by atoms with van der Waals surface area (Å²) in [5.74, 6) is -1.36. The van der Waals surface area contributed by atoms with Crippen molar-refractivity contribution in [2.75, 3.05) is 6.54 Å². The van der Waals surface area contributed by atoms with Crippen molar-refractivity contribution in [1.82, 2.24) is 5.32 Å². The first-order valence-corrected chi connectivity index (χ1v) is 16.8. The molecule has 1 amide bonds. The first kappa shape index (κ1) is 39.6. The van der Waals surface area contributed by atoms with Gasteiger partial charge < -0.3 is 20.9 Å². The molecule has 0 radical (unpaired) electrons. The predicted molar refractivity (Wildman–Crippen MR) is 174 cm³/mol. The number of esters is 1. The van der Waals surface area contributed by atoms with E-state index in [9.17, 15) is 19.5 Å². The SMILES string of the molecule is CCC/C=C\C(CCCCCCC(=O)NC(CCCN)C(=O)O)OC(=O)CCCCCCC/C=C\C/C=C\CCCC. The third-order valence-electron chi connectivity index (χ3n) is 7.14. The second kappa shape index (κ2) is 30.1. The summed E-state index contributed by atoms with van der Waals surface area (Å²) in [5, 5.41) is 11.8. The molecule has 0 saturated carbocycles. The number of nitrogens with one attached hydrogen (secondary N) is 1. The van der Waals surface area contributed by atoms with Crippen molar-refractivity contribution >= 4 is 17.8 Å². The molecule has 0 bridgehead atoms. The Kier molecular flexibility index (Phi) is 28.3. The van der Waals surface area contributed by atoms with E-state index in [0.29, 0.717) is 38.6 Å². The molecule has 0 aliphatic rings. The number of ether oxygens (including phenoxy) is 1. The maximum absolute atomic E-state index is 12.5. The van der Waals surface area contributed by atoms with Crippen molar-refractivity contribution in [2.24, 2.45) is 5.73 Å². The molecule has 4 N–H and O–H groups in total. The van der Waals surface area contributed by atoms with E-state index in [1.54, 1.807) is 0 Å². The fourth-order valence-electron chi connectivity index (χ4n) is 4.56. The first-order chi connectivity index (χ1) is 20.4. The lowest BCUT2D eigenvalue weighted by molar-refractivity contribution is -0.147. The summed E-state index contributed by atoms with van der Waals surface area (Å²) in [5.41, 5.74) is 5.44. The second-order valence-corrected chi connectivity index (χ2v) is 11.2. The average molecular weight is 591 g/mol. The number of carboxylic acids is 1. The van der Waals surface area contributed by atoms with Crippen LogP contribution >= 0.6 is 0 Å². The Labute approximate surface area is 256 Å². The topological polar surface area (TPSA) is 119 Å². The van der Waals surface area contributed by atoms with Gasteiger partial charge in [0.2, 0.25) is 5.91 Å². The molecule has 0 spiro atoms. The van der Waals surface area contributed by atoms with Crippen molar-refractivity contribution in [3.05, 3.63) is 36.5 Å². The number of rotatable bonds is 29. The van der Waals surface area contributed by atoms with Crippen LogP contribution in [0.25, 0.3) is 0 Å². The Hall–Kier alpha value is -2.41. The zero-order chi connectivity index (χ0) is 31.1. The Balaban J connectivity index is 4.07. The molecule has 0 heterocycles. The van der Waals surface area contributed by atoms with E-state index in [1.807, 2.05) is 6.08 Å². The van der Waals surface area contributed by atoms with Gasteiger partial charge in [0.25, 0.3) is 0 Å². The van der Waals surface area contributed by atoms with Crippen LogP contribution in [0.1, 0.15) is 149 Å². The molecule has 0 aromatic heterocycles. The van der Waals surface area contributed by atoms with Gasteiger partial charge in [-0.25, -0.2) is 4.79 Å². The fraction of sp³-hybridized carbons (Fsp3) is 0.743. The van der Waals surface area contributed by atoms with Gasteiger partial charge in [0.15, 0.2) is 0 Å². The minimum absolute atomic E-state index is 0.115. The number of hydrogen-bond donors (Lipinski definition) is 3. The zero-order valence-electron chi connectivity index (χ0n) is 26.8. The number of unbranched alkanes of at least 4 members (excludes halogenated alkanes) is 11. The lowest BCUT2D eigenvalue weighted by Crippen LogP contribution is -2.40. The highest BCUT2D eigenvalue weighted by molar-refractivity contribution is 5.83. The van der Waals surface area contributed by atoms with Gasteiger partial charge in [-0.3, -0.25) is 9.59 Å². The molecular formula is C35H62N2O5. The molecule has 2 unspecified atom stereocenters. The summed E-state index contributed by atoms with van der Waals surface area (Å²) < 4.78 is 5.78. The van der Waals surface area contributed by atoms with Crippen molar-refractivity contribution in [2.45, 2.75) is 161 Å². The molecule has 0 aliphatic carbocycles. The number of aliphatic carboxylic acids is 1. The van der Waals surface area contributed by atoms with Crippen LogP contribution in [0.15, 0.2) is 36.5 Å². The standard InChI is InChI=1S/C35H62N2O5/c1-3-5-7-8-9-10-11-12-13-14-15-16-17-23-29-34(39)42-31(25-20-6-4-2)26-21-18-19-22-28-33(38)37-32(35(40)41)27-24-30-36/h8-9,11-12,20,25,31-32H,3-7,10,13-19,21-24,26-30,36H2,1-2H3,(H,37,38)(H,40,41)/b9-8-,12-11-,25-20-. The number of carbonyl (C=O) groups excluding carboxylic acids is 2. The van der Waals surface area contributed by atoms with E-state index >= 15 is 0 Å². The van der Waals surface area contributed by atoms with Crippen LogP contribution in [0, 0.1) is 0 Å². The molecule has 7 nitrogen and oxygen atoms in total. The average Bonchev–Trinajstić information content (AvgIpc) is 2.96. The highest BCUT2D eigenvalue weighted by Gasteiger charge is 2.18. The van der Waals surface area contributed by atoms with Gasteiger partial charge in [0, 0.05) is 12.8 Å². The van der Waals surface area contributed by atoms with Gasteiger partial charge in [0.05, 0.1) is 0 Å². The van der Waals surface area contributed by atoms with Crippen LogP contribution in [-0.4, -0.2) is 41.6 Å². The molecule has 0 rings (SSSR count). The Morgan fingerprint density at radius 3 is 2.02 bits per heavy atom. The van der Waals surface area contributed by atoms with Gasteiger partial charge in [-0.1, -0.05) is 95.6 Å². The third kappa shape index (κ3) is 26.5. The van der Waals surface area contributed by atoms with Gasteiger partial charge in [-0.2, -0.15) is 0 Å². The third-order valence-corrected chi connectivity index (χ3v) is 7.14. The van der Waals surface area contributed by atoms with Gasteiger partial charge in [-0.15, -0.1) is 0 Å². The van der Waals surface area contributed by atoms with E-state index < -0.39 is 12.0 Å². The number of hydrogen-bond acceptors (Lipinski definition) is 5. The smallest absolute Gasteiger partial charge is 0.326 e. The zero-order valence-corrected chi connectivity index (χ0v) is 26.8. The minimum Gasteiger partial charge on any atom is -0.480 e. The molecule has 2 atom stereocenters. The number of amides is 1. The van der Waals surface area contributed by atoms with E-state index in [2.05, 4.69) is 49.5 Å². The van der Waals surface area contributed by atoms with E-state index in [1.165, 1.54) is 32.1 Å². The van der Waals surface area contributed by atoms with Crippen LogP contribution in [0.3, 0.4) is 0 Å². The Bertz CT molecular complexity index is 762. The molecule has 7 heteroatoms. The predicted octanol–water partition coefficient (Wildman–Crippen LogP) is 8.33. The highest BCUT2D eigenvalue weighted by Crippen LogP contribution is 2.14. The molecular weight excluding hydrogens is 528 g/mol. The summed E-state index contributed by atoms with van der Waals surface area (Å²) in [4.78, 5) is 35.8. The first-order valence-electron chi connectivity index (χ1n) is 16.8. The number of carboxylic acid groups (broad SMARTS) is 1. The van der Waals surface area contributed by atoms with E-state index in [4.69, 9.17) is 10.5 Å². The monoisotopic (exact) mass is 590 g/mol. The van der Waals surface area contributed by atoms with E-state index in [-0.39, 0.29) is 18.0 Å². The summed E-state index contributed by atoms with van der Waals surface area (Å²) in [6.07, 6.45) is 32.3.